The molecule has 2 amide bonds. The molecule has 33 heavy (non-hydrogen) atoms. The Hall–Kier alpha value is -2.58. The normalized spacial score (nSPS) is 18.9. The number of carbonyl (C=O) groups is 1. The summed E-state index contributed by atoms with van der Waals surface area (Å²) in [5, 5.41) is 6.32. The monoisotopic (exact) mass is 480 g/mol. The number of alkyl halides is 5. The van der Waals surface area contributed by atoms with E-state index in [0.29, 0.717) is 5.56 Å². The standard InChI is InChI=1S/C19H25F5N6O3/c1-17(2,19(22,23)24)33-7-12(25)13-6-30-15(28-13)4-11(5-27-30)14(8-32-3)29-10-18(20,21)9-26-16(29)31/h4-6,12,14H,7-10,25H2,1-3H3,(H,26,31)/t12?,14-/m1/s1. The molecule has 3 rings (SSSR count). The molecule has 2 atom stereocenters. The number of halogens is 5. The van der Waals surface area contributed by atoms with Gasteiger partial charge in [0.15, 0.2) is 11.2 Å². The van der Waals surface area contributed by atoms with E-state index in [1.54, 1.807) is 0 Å². The molecule has 0 radical (unpaired) electrons. The lowest BCUT2D eigenvalue weighted by Crippen LogP contribution is -2.58. The maximum Gasteiger partial charge on any atom is 0.416 e. The van der Waals surface area contributed by atoms with Crippen molar-refractivity contribution >= 4 is 11.7 Å². The van der Waals surface area contributed by atoms with Crippen LogP contribution >= 0.6 is 0 Å². The van der Waals surface area contributed by atoms with Gasteiger partial charge in [0.1, 0.15) is 0 Å². The van der Waals surface area contributed by atoms with E-state index >= 15 is 0 Å². The minimum atomic E-state index is -4.57. The molecule has 1 saturated heterocycles. The number of fused-ring (bicyclic) bond motifs is 1. The van der Waals surface area contributed by atoms with Crippen LogP contribution in [0.4, 0.5) is 26.7 Å². The van der Waals surface area contributed by atoms with Crippen molar-refractivity contribution in [2.45, 2.75) is 43.6 Å². The molecule has 0 aliphatic carbocycles. The number of urea groups is 1. The molecular formula is C19H25F5N6O3. The van der Waals surface area contributed by atoms with Crippen LogP contribution in [0.5, 0.6) is 0 Å². The maximum absolute atomic E-state index is 13.9. The van der Waals surface area contributed by atoms with E-state index in [1.807, 2.05) is 0 Å². The van der Waals surface area contributed by atoms with Crippen LogP contribution in [0.1, 0.15) is 37.2 Å². The third-order valence-electron chi connectivity index (χ3n) is 5.29. The predicted octanol–water partition coefficient (Wildman–Crippen LogP) is 2.43. The lowest BCUT2D eigenvalue weighted by Gasteiger charge is -2.38. The van der Waals surface area contributed by atoms with Crippen LogP contribution in [-0.4, -0.2) is 76.6 Å². The molecule has 0 saturated carbocycles. The highest BCUT2D eigenvalue weighted by atomic mass is 19.4. The van der Waals surface area contributed by atoms with Crippen molar-refractivity contribution < 1.29 is 36.2 Å². The second-order valence-corrected chi connectivity index (χ2v) is 8.30. The second-order valence-electron chi connectivity index (χ2n) is 8.30. The number of hydrogen-bond acceptors (Lipinski definition) is 6. The molecule has 1 aliphatic rings. The Morgan fingerprint density at radius 1 is 1.30 bits per heavy atom. The smallest absolute Gasteiger partial charge is 0.382 e. The number of aromatic nitrogens is 3. The zero-order valence-electron chi connectivity index (χ0n) is 18.2. The SMILES string of the molecule is COC[C@H](c1cnn2cc(C(N)COC(C)(C)C(F)(F)F)nc2c1)N1CC(F)(F)CNC1=O. The summed E-state index contributed by atoms with van der Waals surface area (Å²) < 4.78 is 78.1. The van der Waals surface area contributed by atoms with Gasteiger partial charge in [-0.3, -0.25) is 0 Å². The number of rotatable bonds is 8. The molecule has 0 aromatic carbocycles. The van der Waals surface area contributed by atoms with Crippen LogP contribution in [0, 0.1) is 0 Å². The fourth-order valence-electron chi connectivity index (χ4n) is 3.20. The van der Waals surface area contributed by atoms with Crippen molar-refractivity contribution in [3.8, 4) is 0 Å². The molecule has 1 fully saturated rings. The number of nitrogens with one attached hydrogen (secondary N) is 1. The van der Waals surface area contributed by atoms with E-state index in [0.717, 1.165) is 18.7 Å². The van der Waals surface area contributed by atoms with Crippen molar-refractivity contribution in [1.82, 2.24) is 24.8 Å². The minimum Gasteiger partial charge on any atom is -0.382 e. The van der Waals surface area contributed by atoms with Crippen LogP contribution in [0.3, 0.4) is 0 Å². The summed E-state index contributed by atoms with van der Waals surface area (Å²) in [5.74, 6) is -3.12. The first kappa shape index (κ1) is 25.1. The molecule has 9 nitrogen and oxygen atoms in total. The summed E-state index contributed by atoms with van der Waals surface area (Å²) in [6.07, 6.45) is -1.77. The Kier molecular flexibility index (Phi) is 6.82. The van der Waals surface area contributed by atoms with E-state index in [1.165, 1.54) is 30.1 Å². The summed E-state index contributed by atoms with van der Waals surface area (Å²) >= 11 is 0. The first-order valence-electron chi connectivity index (χ1n) is 9.97. The molecule has 2 aromatic heterocycles. The number of methoxy groups -OCH3 is 1. The third-order valence-corrected chi connectivity index (χ3v) is 5.29. The molecule has 0 bridgehead atoms. The molecule has 14 heteroatoms. The van der Waals surface area contributed by atoms with Crippen molar-refractivity contribution in [3.05, 3.63) is 29.7 Å². The van der Waals surface area contributed by atoms with Crippen LogP contribution in [0.15, 0.2) is 18.5 Å². The van der Waals surface area contributed by atoms with E-state index in [4.69, 9.17) is 15.2 Å². The Labute approximate surface area is 186 Å². The summed E-state index contributed by atoms with van der Waals surface area (Å²) in [4.78, 5) is 17.5. The van der Waals surface area contributed by atoms with Crippen molar-refractivity contribution in [3.63, 3.8) is 0 Å². The van der Waals surface area contributed by atoms with E-state index in [-0.39, 0.29) is 17.9 Å². The van der Waals surface area contributed by atoms with Crippen molar-refractivity contribution in [1.29, 1.82) is 0 Å². The van der Waals surface area contributed by atoms with Crippen LogP contribution < -0.4 is 11.1 Å². The van der Waals surface area contributed by atoms with Gasteiger partial charge in [-0.2, -0.15) is 18.3 Å². The van der Waals surface area contributed by atoms with Gasteiger partial charge in [-0.1, -0.05) is 0 Å². The summed E-state index contributed by atoms with van der Waals surface area (Å²) in [6.45, 7) is -0.281. The minimum absolute atomic E-state index is 0.0746. The van der Waals surface area contributed by atoms with Gasteiger partial charge >= 0.3 is 12.2 Å². The van der Waals surface area contributed by atoms with Gasteiger partial charge in [0.25, 0.3) is 5.92 Å². The van der Waals surface area contributed by atoms with Crippen molar-refractivity contribution in [2.24, 2.45) is 5.73 Å². The lowest BCUT2D eigenvalue weighted by molar-refractivity contribution is -0.264. The molecule has 3 heterocycles. The van der Waals surface area contributed by atoms with Gasteiger partial charge in [0, 0.05) is 12.7 Å². The van der Waals surface area contributed by atoms with E-state index in [2.05, 4.69) is 15.4 Å². The highest BCUT2D eigenvalue weighted by Crippen LogP contribution is 2.33. The fourth-order valence-corrected chi connectivity index (χ4v) is 3.20. The Morgan fingerprint density at radius 2 is 2.00 bits per heavy atom. The maximum atomic E-state index is 13.9. The highest BCUT2D eigenvalue weighted by Gasteiger charge is 2.48. The fraction of sp³-hybridized carbons (Fsp3) is 0.632. The predicted molar refractivity (Wildman–Crippen MR) is 106 cm³/mol. The summed E-state index contributed by atoms with van der Waals surface area (Å²) in [6, 6.07) is -0.993. The molecule has 184 valence electrons. The first-order chi connectivity index (χ1) is 15.2. The molecule has 0 spiro atoms. The van der Waals surface area contributed by atoms with Gasteiger partial charge in [-0.25, -0.2) is 23.1 Å². The molecule has 2 aromatic rings. The summed E-state index contributed by atoms with van der Waals surface area (Å²) in [5.41, 5.74) is 4.44. The van der Waals surface area contributed by atoms with Crippen LogP contribution in [0.25, 0.3) is 5.65 Å². The Bertz CT molecular complexity index is 996. The van der Waals surface area contributed by atoms with Crippen molar-refractivity contribution in [2.75, 3.05) is 33.4 Å². The number of hydrogen-bond donors (Lipinski definition) is 2. The van der Waals surface area contributed by atoms with Crippen LogP contribution in [0.2, 0.25) is 0 Å². The number of nitrogens with zero attached hydrogens (tertiary/aromatic N) is 4. The zero-order chi connectivity index (χ0) is 24.6. The van der Waals surface area contributed by atoms with Gasteiger partial charge in [0.2, 0.25) is 0 Å². The van der Waals surface area contributed by atoms with Gasteiger partial charge in [-0.15, -0.1) is 0 Å². The third kappa shape index (κ3) is 5.50. The van der Waals surface area contributed by atoms with E-state index < -0.39 is 55.5 Å². The Balaban J connectivity index is 1.82. The topological polar surface area (TPSA) is 107 Å². The molecule has 1 unspecified atom stereocenters. The average Bonchev–Trinajstić information content (AvgIpc) is 3.15. The first-order valence-corrected chi connectivity index (χ1v) is 9.97. The number of ether oxygens (including phenoxy) is 2. The molecule has 3 N–H and O–H groups in total. The van der Waals surface area contributed by atoms with E-state index in [9.17, 15) is 26.7 Å². The zero-order valence-corrected chi connectivity index (χ0v) is 18.2. The second kappa shape index (κ2) is 8.99. The average molecular weight is 480 g/mol. The number of imidazole rings is 1. The Morgan fingerprint density at radius 3 is 2.64 bits per heavy atom. The quantitative estimate of drug-likeness (QED) is 0.562. The van der Waals surface area contributed by atoms with Gasteiger partial charge in [0.05, 0.1) is 56.5 Å². The lowest BCUT2D eigenvalue weighted by atomic mass is 10.1. The number of nitrogens with two attached hydrogens (primary N) is 1. The largest absolute Gasteiger partial charge is 0.416 e. The molecule has 1 aliphatic heterocycles. The number of amides is 2. The highest BCUT2D eigenvalue weighted by molar-refractivity contribution is 5.76. The van der Waals surface area contributed by atoms with Gasteiger partial charge in [-0.05, 0) is 19.9 Å². The van der Waals surface area contributed by atoms with Crippen LogP contribution in [-0.2, 0) is 9.47 Å². The molecular weight excluding hydrogens is 455 g/mol. The number of carbonyl (C=O) groups excluding carboxylic acids is 1. The van der Waals surface area contributed by atoms with Gasteiger partial charge < -0.3 is 25.4 Å². The summed E-state index contributed by atoms with van der Waals surface area (Å²) in [7, 11) is 1.37.